The van der Waals surface area contributed by atoms with Crippen molar-refractivity contribution < 1.29 is 0 Å². The van der Waals surface area contributed by atoms with Crippen molar-refractivity contribution in [1.29, 1.82) is 5.26 Å². The molecule has 0 amide bonds. The monoisotopic (exact) mass is 309 g/mol. The summed E-state index contributed by atoms with van der Waals surface area (Å²) in [6.07, 6.45) is 18.3. The molecule has 23 heavy (non-hydrogen) atoms. The molecule has 124 valence electrons. The highest BCUT2D eigenvalue weighted by Crippen LogP contribution is 2.32. The van der Waals surface area contributed by atoms with Crippen molar-refractivity contribution in [3.05, 3.63) is 47.5 Å². The van der Waals surface area contributed by atoms with Gasteiger partial charge in [0.1, 0.15) is 0 Å². The van der Waals surface area contributed by atoms with Crippen LogP contribution in [0, 0.1) is 23.2 Å². The highest BCUT2D eigenvalue weighted by molar-refractivity contribution is 5.31. The molecule has 0 heterocycles. The molecule has 1 aliphatic carbocycles. The molecule has 0 N–H and O–H groups in total. The fourth-order valence-corrected chi connectivity index (χ4v) is 3.64. The number of hydrogen-bond donors (Lipinski definition) is 0. The highest BCUT2D eigenvalue weighted by Gasteiger charge is 2.18. The SMILES string of the molecule is CCCCCC1CCC(C=CCCc2ccc(C#N)cc2)CC1. The van der Waals surface area contributed by atoms with Gasteiger partial charge in [0, 0.05) is 0 Å². The zero-order chi connectivity index (χ0) is 16.3. The zero-order valence-corrected chi connectivity index (χ0v) is 14.6. The lowest BCUT2D eigenvalue weighted by atomic mass is 9.79. The normalized spacial score (nSPS) is 21.4. The Morgan fingerprint density at radius 3 is 2.48 bits per heavy atom. The molecule has 0 unspecified atom stereocenters. The predicted molar refractivity (Wildman–Crippen MR) is 98.2 cm³/mol. The number of allylic oxidation sites excluding steroid dienone is 2. The summed E-state index contributed by atoms with van der Waals surface area (Å²) in [6.45, 7) is 2.29. The molecule has 1 saturated carbocycles. The van der Waals surface area contributed by atoms with Crippen LogP contribution in [-0.4, -0.2) is 0 Å². The van der Waals surface area contributed by atoms with E-state index in [1.807, 2.05) is 12.1 Å². The van der Waals surface area contributed by atoms with Gasteiger partial charge in [-0.2, -0.15) is 5.26 Å². The van der Waals surface area contributed by atoms with Gasteiger partial charge < -0.3 is 0 Å². The van der Waals surface area contributed by atoms with E-state index in [1.165, 1.54) is 56.9 Å². The molecule has 1 aromatic rings. The van der Waals surface area contributed by atoms with Gasteiger partial charge in [-0.15, -0.1) is 0 Å². The third kappa shape index (κ3) is 6.61. The Morgan fingerprint density at radius 2 is 1.83 bits per heavy atom. The molecule has 0 atom stereocenters. The minimum absolute atomic E-state index is 0.750. The first-order valence-corrected chi connectivity index (χ1v) is 9.47. The van der Waals surface area contributed by atoms with E-state index in [2.05, 4.69) is 37.3 Å². The van der Waals surface area contributed by atoms with Crippen molar-refractivity contribution in [2.45, 2.75) is 71.1 Å². The van der Waals surface area contributed by atoms with Crippen LogP contribution in [0.3, 0.4) is 0 Å². The van der Waals surface area contributed by atoms with Gasteiger partial charge >= 0.3 is 0 Å². The average molecular weight is 309 g/mol. The molecular weight excluding hydrogens is 278 g/mol. The van der Waals surface area contributed by atoms with E-state index in [9.17, 15) is 0 Å². The number of nitriles is 1. The maximum atomic E-state index is 8.80. The fraction of sp³-hybridized carbons (Fsp3) is 0.591. The maximum Gasteiger partial charge on any atom is 0.0991 e. The molecule has 1 nitrogen and oxygen atoms in total. The molecule has 0 aliphatic heterocycles. The van der Waals surface area contributed by atoms with Crippen LogP contribution in [0.4, 0.5) is 0 Å². The Hall–Kier alpha value is -1.55. The predicted octanol–water partition coefficient (Wildman–Crippen LogP) is 6.43. The average Bonchev–Trinajstić information content (AvgIpc) is 2.61. The van der Waals surface area contributed by atoms with Crippen molar-refractivity contribution in [2.24, 2.45) is 11.8 Å². The summed E-state index contributed by atoms with van der Waals surface area (Å²) in [5.74, 6) is 1.82. The summed E-state index contributed by atoms with van der Waals surface area (Å²) >= 11 is 0. The van der Waals surface area contributed by atoms with E-state index < -0.39 is 0 Å². The topological polar surface area (TPSA) is 23.8 Å². The van der Waals surface area contributed by atoms with E-state index >= 15 is 0 Å². The van der Waals surface area contributed by atoms with Gasteiger partial charge in [0.05, 0.1) is 11.6 Å². The van der Waals surface area contributed by atoms with Crippen molar-refractivity contribution in [1.82, 2.24) is 0 Å². The summed E-state index contributed by atoms with van der Waals surface area (Å²) < 4.78 is 0. The molecular formula is C22H31N. The maximum absolute atomic E-state index is 8.80. The van der Waals surface area contributed by atoms with E-state index in [0.717, 1.165) is 30.2 Å². The van der Waals surface area contributed by atoms with E-state index in [1.54, 1.807) is 0 Å². The van der Waals surface area contributed by atoms with Crippen LogP contribution in [-0.2, 0) is 6.42 Å². The second kappa shape index (κ2) is 10.3. The van der Waals surface area contributed by atoms with Crippen LogP contribution in [0.2, 0.25) is 0 Å². The molecule has 0 radical (unpaired) electrons. The van der Waals surface area contributed by atoms with Gasteiger partial charge in [-0.3, -0.25) is 0 Å². The summed E-state index contributed by atoms with van der Waals surface area (Å²) in [5, 5.41) is 8.80. The standard InChI is InChI=1S/C22H31N/c1-2-3-4-7-19-10-12-20(13-11-19)8-5-6-9-21-14-16-22(18-23)17-15-21/h5,8,14-17,19-20H,2-4,6-7,9-13H2,1H3. The molecule has 0 spiro atoms. The van der Waals surface area contributed by atoms with Crippen molar-refractivity contribution in [3.63, 3.8) is 0 Å². The second-order valence-corrected chi connectivity index (χ2v) is 7.05. The highest BCUT2D eigenvalue weighted by atomic mass is 14.2. The fourth-order valence-electron chi connectivity index (χ4n) is 3.64. The molecule has 1 heteroatoms. The van der Waals surface area contributed by atoms with Gasteiger partial charge in [-0.1, -0.05) is 56.9 Å². The lowest BCUT2D eigenvalue weighted by Crippen LogP contribution is -2.13. The van der Waals surface area contributed by atoms with Crippen LogP contribution in [0.1, 0.15) is 75.8 Å². The number of nitrogens with zero attached hydrogens (tertiary/aromatic N) is 1. The van der Waals surface area contributed by atoms with Crippen LogP contribution in [0.5, 0.6) is 0 Å². The molecule has 1 fully saturated rings. The first-order valence-electron chi connectivity index (χ1n) is 9.47. The minimum atomic E-state index is 0.750. The van der Waals surface area contributed by atoms with Gasteiger partial charge in [0.2, 0.25) is 0 Å². The smallest absolute Gasteiger partial charge is 0.0991 e. The molecule has 0 bridgehead atoms. The van der Waals surface area contributed by atoms with Crippen molar-refractivity contribution in [2.75, 3.05) is 0 Å². The van der Waals surface area contributed by atoms with Crippen molar-refractivity contribution >= 4 is 0 Å². The number of aryl methyl sites for hydroxylation is 1. The molecule has 0 aromatic heterocycles. The summed E-state index contributed by atoms with van der Waals surface area (Å²) in [6, 6.07) is 10.2. The van der Waals surface area contributed by atoms with E-state index in [-0.39, 0.29) is 0 Å². The molecule has 1 aliphatic rings. The number of benzene rings is 1. The van der Waals surface area contributed by atoms with Gasteiger partial charge in [0.15, 0.2) is 0 Å². The van der Waals surface area contributed by atoms with Gasteiger partial charge in [-0.25, -0.2) is 0 Å². The third-order valence-electron chi connectivity index (χ3n) is 5.20. The molecule has 2 rings (SSSR count). The third-order valence-corrected chi connectivity index (χ3v) is 5.20. The Labute approximate surface area is 142 Å². The number of rotatable bonds is 8. The lowest BCUT2D eigenvalue weighted by molar-refractivity contribution is 0.289. The summed E-state index contributed by atoms with van der Waals surface area (Å²) in [5.41, 5.74) is 2.08. The van der Waals surface area contributed by atoms with Crippen LogP contribution < -0.4 is 0 Å². The Kier molecular flexibility index (Phi) is 7.95. The van der Waals surface area contributed by atoms with Crippen LogP contribution >= 0.6 is 0 Å². The van der Waals surface area contributed by atoms with Gasteiger partial charge in [0.25, 0.3) is 0 Å². The second-order valence-electron chi connectivity index (χ2n) is 7.05. The van der Waals surface area contributed by atoms with E-state index in [0.29, 0.717) is 0 Å². The Morgan fingerprint density at radius 1 is 1.09 bits per heavy atom. The van der Waals surface area contributed by atoms with E-state index in [4.69, 9.17) is 5.26 Å². The lowest BCUT2D eigenvalue weighted by Gasteiger charge is -2.26. The largest absolute Gasteiger partial charge is 0.192 e. The molecule has 1 aromatic carbocycles. The summed E-state index contributed by atoms with van der Waals surface area (Å²) in [4.78, 5) is 0. The summed E-state index contributed by atoms with van der Waals surface area (Å²) in [7, 11) is 0. The van der Waals surface area contributed by atoms with Crippen LogP contribution in [0.15, 0.2) is 36.4 Å². The van der Waals surface area contributed by atoms with Crippen LogP contribution in [0.25, 0.3) is 0 Å². The Bertz CT molecular complexity index is 498. The molecule has 0 saturated heterocycles. The number of unbranched alkanes of at least 4 members (excludes halogenated alkanes) is 2. The van der Waals surface area contributed by atoms with Gasteiger partial charge in [-0.05, 0) is 68.1 Å². The number of hydrogen-bond acceptors (Lipinski definition) is 1. The quantitative estimate of drug-likeness (QED) is 0.401. The first-order chi connectivity index (χ1) is 11.3. The zero-order valence-electron chi connectivity index (χ0n) is 14.6. The van der Waals surface area contributed by atoms with Crippen molar-refractivity contribution in [3.8, 4) is 6.07 Å². The minimum Gasteiger partial charge on any atom is -0.192 e. The Balaban J connectivity index is 1.62. The first kappa shape index (κ1) is 17.8.